The van der Waals surface area contributed by atoms with Crippen molar-refractivity contribution in [1.29, 1.82) is 0 Å². The second kappa shape index (κ2) is 31.3. The molecule has 0 aliphatic heterocycles. The molecule has 4 aromatic heterocycles. The van der Waals surface area contributed by atoms with Crippen molar-refractivity contribution in [2.24, 2.45) is 0 Å². The average Bonchev–Trinajstić information content (AvgIpc) is 1.55. The molecule has 4 aliphatic carbocycles. The van der Waals surface area contributed by atoms with Gasteiger partial charge in [0.05, 0.1) is 80.7 Å². The number of likely N-dealkylation sites (N-methyl/N-ethyl adjacent to an activating group) is 2. The maximum Gasteiger partial charge on any atom is 0.242 e. The number of fused-ring (bicyclic) bond motifs is 12. The van der Waals surface area contributed by atoms with Gasteiger partial charge in [-0.25, -0.2) is 25.4 Å². The third-order valence-corrected chi connectivity index (χ3v) is 23.8. The van der Waals surface area contributed by atoms with Crippen molar-refractivity contribution in [3.8, 4) is 11.5 Å². The molecule has 0 spiro atoms. The summed E-state index contributed by atoms with van der Waals surface area (Å²) in [6.45, 7) is 2.92. The Labute approximate surface area is 620 Å². The average molecular weight is 1510 g/mol. The smallest absolute Gasteiger partial charge is 0.242 e. The van der Waals surface area contributed by atoms with Crippen molar-refractivity contribution in [3.63, 3.8) is 0 Å². The van der Waals surface area contributed by atoms with Gasteiger partial charge in [-0.3, -0.25) is 38.4 Å². The molecule has 4 fully saturated rings. The first-order chi connectivity index (χ1) is 51.6. The minimum Gasteiger partial charge on any atom is -0.492 e. The van der Waals surface area contributed by atoms with Crippen LogP contribution in [0.15, 0.2) is 149 Å². The quantitative estimate of drug-likeness (QED) is 0.0811. The van der Waals surface area contributed by atoms with Gasteiger partial charge in [0.2, 0.25) is 20.0 Å². The minimum atomic E-state index is -3.55. The highest BCUT2D eigenvalue weighted by Gasteiger charge is 2.37. The number of ketones is 8. The predicted octanol–water partition coefficient (Wildman–Crippen LogP) is 11.9. The van der Waals surface area contributed by atoms with Crippen molar-refractivity contribution in [3.05, 3.63) is 144 Å². The summed E-state index contributed by atoms with van der Waals surface area (Å²) >= 11 is 0. The molecule has 28 heteroatoms. The predicted molar refractivity (Wildman–Crippen MR) is 402 cm³/mol. The van der Waals surface area contributed by atoms with Crippen LogP contribution in [0.4, 0.5) is 0 Å². The molecule has 560 valence electrons. The highest BCUT2D eigenvalue weighted by atomic mass is 32.2. The molecule has 0 radical (unpaired) electrons. The van der Waals surface area contributed by atoms with E-state index >= 15 is 0 Å². The molecule has 0 amide bonds. The fourth-order valence-electron chi connectivity index (χ4n) is 14.3. The Kier molecular flexibility index (Phi) is 21.9. The maximum atomic E-state index is 12.4. The molecule has 0 bridgehead atoms. The lowest BCUT2D eigenvalue weighted by atomic mass is 9.83. The number of hydrogen-bond acceptors (Lipinski definition) is 24. The Morgan fingerprint density at radius 1 is 0.352 bits per heavy atom. The molecule has 4 saturated carbocycles. The van der Waals surface area contributed by atoms with Gasteiger partial charge >= 0.3 is 0 Å². The van der Waals surface area contributed by atoms with Gasteiger partial charge in [-0.15, -0.1) is 0 Å². The first-order valence-corrected chi connectivity index (χ1v) is 38.4. The molecule has 4 aliphatic rings. The van der Waals surface area contributed by atoms with Crippen LogP contribution in [-0.2, 0) is 58.4 Å². The number of ether oxygens (including phenoxy) is 2. The van der Waals surface area contributed by atoms with E-state index in [4.69, 9.17) is 27.6 Å². The summed E-state index contributed by atoms with van der Waals surface area (Å²) in [6.07, 6.45) is 3.21. The molecular weight excluding hydrogens is 1430 g/mol. The number of Topliss-reactive ketones (excluding diaryl/α,β-unsaturated/α-hetero) is 8. The second-order valence-electron chi connectivity index (χ2n) is 28.5. The van der Waals surface area contributed by atoms with E-state index in [1.54, 1.807) is 60.7 Å². The SMILES string of the molecule is CN(C)CCOc1ccc2c(ccc3onc([C@@H]4CCC(=O)CC4=O)c32)c1.CN(C)CCOc1ccc2c(ccc3onc([C@H]4CCC(=O)CC4=O)c32)c1.CN(C)S(=O)(=O)c1ccc2c(ccc3onc([C@@H]4CCC(=O)CC4=O)c32)c1.CN(C)S(=O)(=O)c1ccc2c(ccc3onc([C@H]4CCC(=O)CC4=O)c32)c1. The first-order valence-electron chi connectivity index (χ1n) is 35.5. The van der Waals surface area contributed by atoms with E-state index in [0.717, 1.165) is 76.3 Å². The van der Waals surface area contributed by atoms with Crippen LogP contribution in [0.25, 0.3) is 87.0 Å². The molecule has 12 aromatic rings. The van der Waals surface area contributed by atoms with Gasteiger partial charge < -0.3 is 37.4 Å². The van der Waals surface area contributed by atoms with E-state index in [-0.39, 0.29) is 93.6 Å². The zero-order valence-corrected chi connectivity index (χ0v) is 62.5. The Morgan fingerprint density at radius 3 is 0.861 bits per heavy atom. The Bertz CT molecular complexity index is 5500. The molecule has 4 atom stereocenters. The standard InChI is InChI=1S/2C21H22N2O4.2C19H18N2O5S/c2*1-23(2)9-10-26-15-5-7-16-13(11-15)3-8-19-20(16)21(22-27-19)17-6-4-14(24)12-18(17)25;2*1-21(2)27(24,25)13-5-7-14-11(9-13)3-8-17-18(14)19(20-26-17)15-6-4-12(22)10-16(15)23/h2*3,5,7-8,11,17H,4,6,9-10,12H2,1-2H3;2*3,5,7-9,15H,4,6,10H2,1-2H3/t2*17-;2*15-/m1010/s1. The van der Waals surface area contributed by atoms with Crippen LogP contribution in [0.2, 0.25) is 0 Å². The molecular formula is C80H80N8O18S2. The molecule has 4 heterocycles. The highest BCUT2D eigenvalue weighted by molar-refractivity contribution is 7.89. The number of carbonyl (C=O) groups is 8. The Balaban J connectivity index is 0.000000127. The topological polar surface area (TPSA) is 340 Å². The molecule has 0 unspecified atom stereocenters. The van der Waals surface area contributed by atoms with Crippen LogP contribution in [0.3, 0.4) is 0 Å². The van der Waals surface area contributed by atoms with Gasteiger partial charge in [0.25, 0.3) is 0 Å². The van der Waals surface area contributed by atoms with Crippen molar-refractivity contribution in [2.75, 3.05) is 82.7 Å². The summed E-state index contributed by atoms with van der Waals surface area (Å²) in [7, 11) is 6.86. The van der Waals surface area contributed by atoms with Crippen molar-refractivity contribution >= 4 is 153 Å². The maximum absolute atomic E-state index is 12.4. The van der Waals surface area contributed by atoms with E-state index in [1.807, 2.05) is 88.9 Å². The summed E-state index contributed by atoms with van der Waals surface area (Å²) in [5, 5.41) is 26.7. The molecule has 26 nitrogen and oxygen atoms in total. The highest BCUT2D eigenvalue weighted by Crippen LogP contribution is 2.43. The molecule has 16 rings (SSSR count). The van der Waals surface area contributed by atoms with E-state index in [1.165, 1.54) is 28.2 Å². The van der Waals surface area contributed by atoms with Gasteiger partial charge in [-0.1, -0.05) is 57.0 Å². The van der Waals surface area contributed by atoms with Crippen LogP contribution in [-0.4, -0.2) is 185 Å². The fourth-order valence-corrected chi connectivity index (χ4v) is 16.2. The molecule has 108 heavy (non-hydrogen) atoms. The summed E-state index contributed by atoms with van der Waals surface area (Å²) in [4.78, 5) is 100. The summed E-state index contributed by atoms with van der Waals surface area (Å²) in [6, 6.07) is 36.2. The number of aromatic nitrogens is 4. The number of hydrogen-bond donors (Lipinski definition) is 0. The second-order valence-corrected chi connectivity index (χ2v) is 32.8. The number of benzene rings is 8. The third kappa shape index (κ3) is 15.6. The lowest BCUT2D eigenvalue weighted by Gasteiger charge is -2.18. The zero-order valence-electron chi connectivity index (χ0n) is 60.9. The minimum absolute atomic E-state index is 0.00630. The lowest BCUT2D eigenvalue weighted by Crippen LogP contribution is -2.23. The number of rotatable bonds is 16. The van der Waals surface area contributed by atoms with E-state index in [9.17, 15) is 55.2 Å². The van der Waals surface area contributed by atoms with Gasteiger partial charge in [-0.05, 0) is 182 Å². The number of nitrogens with zero attached hydrogens (tertiary/aromatic N) is 8. The van der Waals surface area contributed by atoms with Crippen molar-refractivity contribution in [1.82, 2.24) is 39.0 Å². The zero-order chi connectivity index (χ0) is 76.6. The lowest BCUT2D eigenvalue weighted by molar-refractivity contribution is -0.132. The molecule has 0 N–H and O–H groups in total. The summed E-state index contributed by atoms with van der Waals surface area (Å²) < 4.78 is 85.3. The van der Waals surface area contributed by atoms with Gasteiger partial charge in [0.1, 0.15) is 93.8 Å². The van der Waals surface area contributed by atoms with Crippen LogP contribution in [0.1, 0.15) is 123 Å². The Morgan fingerprint density at radius 2 is 0.611 bits per heavy atom. The van der Waals surface area contributed by atoms with Crippen LogP contribution < -0.4 is 9.47 Å². The summed E-state index contributed by atoms with van der Waals surface area (Å²) in [5.41, 5.74) is 4.72. The van der Waals surface area contributed by atoms with E-state index in [0.29, 0.717) is 131 Å². The van der Waals surface area contributed by atoms with Crippen LogP contribution >= 0.6 is 0 Å². The molecule has 8 aromatic carbocycles. The van der Waals surface area contributed by atoms with Crippen molar-refractivity contribution < 1.29 is 82.8 Å². The third-order valence-electron chi connectivity index (χ3n) is 20.2. The number of carbonyl (C=O) groups excluding carboxylic acids is 8. The van der Waals surface area contributed by atoms with Gasteiger partial charge in [0, 0.05) is 67.0 Å². The monoisotopic (exact) mass is 1500 g/mol. The first kappa shape index (κ1) is 75.6. The molecule has 0 saturated heterocycles. The fraction of sp³-hybridized carbons (Fsp3) is 0.350. The van der Waals surface area contributed by atoms with E-state index < -0.39 is 31.9 Å². The van der Waals surface area contributed by atoms with Gasteiger partial charge in [0.15, 0.2) is 22.3 Å². The van der Waals surface area contributed by atoms with Crippen LogP contribution in [0.5, 0.6) is 11.5 Å². The van der Waals surface area contributed by atoms with Crippen LogP contribution in [0, 0.1) is 0 Å². The summed E-state index contributed by atoms with van der Waals surface area (Å²) in [5.74, 6) is -0.584. The Hall–Kier alpha value is -10.6. The van der Waals surface area contributed by atoms with E-state index in [2.05, 4.69) is 30.4 Å². The normalized spacial score (nSPS) is 18.3. The number of sulfonamides is 2. The van der Waals surface area contributed by atoms with Crippen molar-refractivity contribution in [2.45, 2.75) is 111 Å². The largest absolute Gasteiger partial charge is 0.492 e. The van der Waals surface area contributed by atoms with Gasteiger partial charge in [-0.2, -0.15) is 0 Å².